The average Bonchev–Trinajstić information content (AvgIpc) is 1.76. The van der Waals surface area contributed by atoms with Gasteiger partial charge in [-0.05, 0) is 10.8 Å². The van der Waals surface area contributed by atoms with Crippen LogP contribution in [0.4, 0.5) is 0 Å². The van der Waals surface area contributed by atoms with Crippen molar-refractivity contribution >= 4 is 11.3 Å². The molecule has 1 rings (SSSR count). The molecule has 0 bridgehead atoms. The van der Waals surface area contributed by atoms with Crippen LogP contribution >= 0.6 is 11.3 Å². The van der Waals surface area contributed by atoms with Crippen molar-refractivity contribution in [1.29, 1.82) is 0 Å². The minimum Gasteiger partial charge on any atom is -2.00 e. The largest absolute Gasteiger partial charge is 4.00 e. The van der Waals surface area contributed by atoms with E-state index in [0.717, 1.165) is 0 Å². The van der Waals surface area contributed by atoms with Crippen LogP contribution < -0.4 is 0 Å². The van der Waals surface area contributed by atoms with Crippen LogP contribution in [0.1, 0.15) is 0 Å². The van der Waals surface area contributed by atoms with E-state index in [1.165, 1.54) is 0 Å². The van der Waals surface area contributed by atoms with Gasteiger partial charge < -0.3 is 11.0 Å². The van der Waals surface area contributed by atoms with Gasteiger partial charge in [0.2, 0.25) is 0 Å². The van der Waals surface area contributed by atoms with E-state index in [1.54, 1.807) is 11.3 Å². The van der Waals surface area contributed by atoms with Crippen molar-refractivity contribution in [2.45, 2.75) is 0 Å². The summed E-state index contributed by atoms with van der Waals surface area (Å²) in [6.07, 6.45) is 0. The molecular formula is C4H4O2STi. The smallest absolute Gasteiger partial charge is 2.00 e. The Morgan fingerprint density at radius 3 is 1.38 bits per heavy atom. The summed E-state index contributed by atoms with van der Waals surface area (Å²) < 4.78 is 0. The van der Waals surface area contributed by atoms with Crippen molar-refractivity contribution < 1.29 is 32.7 Å². The number of hydrogen-bond acceptors (Lipinski definition) is 1. The van der Waals surface area contributed by atoms with E-state index >= 15 is 0 Å². The van der Waals surface area contributed by atoms with Gasteiger partial charge in [0, 0.05) is 0 Å². The Bertz CT molecular complexity index is 70.5. The van der Waals surface area contributed by atoms with Gasteiger partial charge in [0.1, 0.15) is 0 Å². The van der Waals surface area contributed by atoms with Gasteiger partial charge in [-0.15, -0.1) is 0 Å². The fraction of sp³-hybridized carbons (Fsp3) is 0. The van der Waals surface area contributed by atoms with E-state index in [1.807, 2.05) is 22.9 Å². The predicted octanol–water partition coefficient (Wildman–Crippen LogP) is 1.51. The molecule has 0 radical (unpaired) electrons. The third-order valence-corrected chi connectivity index (χ3v) is 1.05. The molecular weight excluding hydrogens is 160 g/mol. The first-order valence-electron chi connectivity index (χ1n) is 1.47. The molecule has 1 aromatic rings. The summed E-state index contributed by atoms with van der Waals surface area (Å²) in [5.74, 6) is 0. The molecule has 0 aliphatic rings. The topological polar surface area (TPSA) is 57.0 Å². The molecule has 2 nitrogen and oxygen atoms in total. The Hall–Kier alpha value is 0.334. The Morgan fingerprint density at radius 2 is 1.25 bits per heavy atom. The minimum absolute atomic E-state index is 0. The van der Waals surface area contributed by atoms with Crippen LogP contribution in [0.15, 0.2) is 22.9 Å². The van der Waals surface area contributed by atoms with E-state index in [9.17, 15) is 0 Å². The molecule has 0 spiro atoms. The van der Waals surface area contributed by atoms with Gasteiger partial charge in [-0.1, -0.05) is 12.1 Å². The van der Waals surface area contributed by atoms with E-state index in [4.69, 9.17) is 0 Å². The zero-order valence-corrected chi connectivity index (χ0v) is 6.41. The van der Waals surface area contributed by atoms with Crippen LogP contribution in [-0.4, -0.2) is 0 Å². The second kappa shape index (κ2) is 10.3. The monoisotopic (exact) mass is 164 g/mol. The molecule has 0 N–H and O–H groups in total. The number of rotatable bonds is 0. The quantitative estimate of drug-likeness (QED) is 0.521. The Morgan fingerprint density at radius 1 is 0.875 bits per heavy atom. The molecule has 42 valence electrons. The maximum atomic E-state index is 2.04. The van der Waals surface area contributed by atoms with Gasteiger partial charge in [0.05, 0.1) is 0 Å². The molecule has 0 aliphatic carbocycles. The van der Waals surface area contributed by atoms with Gasteiger partial charge in [-0.3, -0.25) is 0 Å². The van der Waals surface area contributed by atoms with Crippen molar-refractivity contribution in [2.24, 2.45) is 0 Å². The Labute approximate surface area is 67.0 Å². The van der Waals surface area contributed by atoms with Crippen molar-refractivity contribution in [3.8, 4) is 0 Å². The van der Waals surface area contributed by atoms with Crippen LogP contribution in [0.2, 0.25) is 0 Å². The van der Waals surface area contributed by atoms with Crippen LogP contribution in [0.3, 0.4) is 0 Å². The standard InChI is InChI=1S/C4H4S.2O.Ti/c1-2-4-5-3-1;;;/h1-4H;;;/q;2*-2;+4. The minimum atomic E-state index is 0. The van der Waals surface area contributed by atoms with Gasteiger partial charge in [0.15, 0.2) is 0 Å². The molecule has 4 heteroatoms. The van der Waals surface area contributed by atoms with E-state index in [2.05, 4.69) is 0 Å². The SMILES string of the molecule is [O-2].[O-2].[Ti+4].c1ccsc1. The maximum Gasteiger partial charge on any atom is 4.00 e. The van der Waals surface area contributed by atoms with E-state index in [-0.39, 0.29) is 32.7 Å². The number of thiophene rings is 1. The fourth-order valence-corrected chi connectivity index (χ4v) is 0.680. The van der Waals surface area contributed by atoms with Crippen molar-refractivity contribution in [3.63, 3.8) is 0 Å². The molecule has 0 amide bonds. The fourth-order valence-electron chi connectivity index (χ4n) is 0.227. The zero-order valence-electron chi connectivity index (χ0n) is 4.03. The maximum absolute atomic E-state index is 2.04. The molecule has 1 heterocycles. The Kier molecular flexibility index (Phi) is 20.4. The van der Waals surface area contributed by atoms with Gasteiger partial charge in [0.25, 0.3) is 0 Å². The van der Waals surface area contributed by atoms with Gasteiger partial charge >= 0.3 is 21.7 Å². The summed E-state index contributed by atoms with van der Waals surface area (Å²) in [7, 11) is 0. The van der Waals surface area contributed by atoms with Crippen LogP contribution in [0.25, 0.3) is 0 Å². The van der Waals surface area contributed by atoms with Crippen molar-refractivity contribution in [2.75, 3.05) is 0 Å². The Balaban J connectivity index is -0.0000000833. The molecule has 0 aliphatic heterocycles. The molecule has 0 atom stereocenters. The third-order valence-electron chi connectivity index (χ3n) is 0.425. The zero-order chi connectivity index (χ0) is 3.54. The second-order valence-corrected chi connectivity index (χ2v) is 1.61. The van der Waals surface area contributed by atoms with Crippen LogP contribution in [-0.2, 0) is 32.7 Å². The van der Waals surface area contributed by atoms with Crippen LogP contribution in [0, 0.1) is 0 Å². The second-order valence-electron chi connectivity index (χ2n) is 0.793. The summed E-state index contributed by atoms with van der Waals surface area (Å²) >= 11 is 1.71. The summed E-state index contributed by atoms with van der Waals surface area (Å²) in [6.45, 7) is 0. The normalized spacial score (nSPS) is 5.00. The van der Waals surface area contributed by atoms with Gasteiger partial charge in [-0.25, -0.2) is 0 Å². The first-order valence-corrected chi connectivity index (χ1v) is 2.41. The summed E-state index contributed by atoms with van der Waals surface area (Å²) in [5, 5.41) is 4.08. The third kappa shape index (κ3) is 6.33. The molecule has 0 saturated heterocycles. The van der Waals surface area contributed by atoms with Crippen LogP contribution in [0.5, 0.6) is 0 Å². The average molecular weight is 164 g/mol. The first-order chi connectivity index (χ1) is 2.50. The molecule has 0 saturated carbocycles. The number of hydrogen-bond donors (Lipinski definition) is 0. The summed E-state index contributed by atoms with van der Waals surface area (Å²) in [5.41, 5.74) is 0. The van der Waals surface area contributed by atoms with E-state index in [0.29, 0.717) is 0 Å². The molecule has 0 unspecified atom stereocenters. The summed E-state index contributed by atoms with van der Waals surface area (Å²) in [4.78, 5) is 0. The van der Waals surface area contributed by atoms with Crippen molar-refractivity contribution in [1.82, 2.24) is 0 Å². The summed E-state index contributed by atoms with van der Waals surface area (Å²) in [6, 6.07) is 4.04. The van der Waals surface area contributed by atoms with Gasteiger partial charge in [-0.2, -0.15) is 11.3 Å². The van der Waals surface area contributed by atoms with Crippen molar-refractivity contribution in [3.05, 3.63) is 22.9 Å². The molecule has 1 aromatic heterocycles. The predicted molar refractivity (Wildman–Crippen MR) is 25.7 cm³/mol. The first kappa shape index (κ1) is 15.8. The molecule has 8 heavy (non-hydrogen) atoms. The molecule has 0 fully saturated rings. The molecule has 0 aromatic carbocycles. The van der Waals surface area contributed by atoms with E-state index < -0.39 is 0 Å².